The van der Waals surface area contributed by atoms with Gasteiger partial charge in [-0.1, -0.05) is 182 Å². The summed E-state index contributed by atoms with van der Waals surface area (Å²) in [7, 11) is 1.78. The highest BCUT2D eigenvalue weighted by molar-refractivity contribution is 8.01. The standard InChI is InChI=1S/C57H52N3O7PS/c1-41(61)67-53(51-37-38-52(62)58(51)2)50-39-59(55(50)69-57(43-21-9-3-10-22-43,44-23-11-4-12-24-44)45-25-13-5-14-26-45)54(56(63)66-40-42-33-35-46(36-34-42)60(64)65)68(47-27-15-6-16-28-47,48-29-17-7-18-30-48)49-31-19-8-20-32-49/h3-36,50-51,53,55H,37-40H2,1-2H3. The van der Waals surface area contributed by atoms with Gasteiger partial charge in [0, 0.05) is 51.9 Å². The molecule has 0 saturated carbocycles. The molecule has 4 unspecified atom stereocenters. The molecule has 0 aromatic heterocycles. The normalized spacial score (nSPS) is 17.6. The lowest BCUT2D eigenvalue weighted by Gasteiger charge is -2.55. The van der Waals surface area contributed by atoms with Crippen molar-refractivity contribution in [1.82, 2.24) is 9.80 Å². The molecule has 1 amide bonds. The summed E-state index contributed by atoms with van der Waals surface area (Å²) in [6.45, 7) is -1.70. The highest BCUT2D eigenvalue weighted by atomic mass is 32.2. The molecule has 7 aromatic rings. The van der Waals surface area contributed by atoms with Crippen LogP contribution in [-0.2, 0) is 35.2 Å². The van der Waals surface area contributed by atoms with Crippen LogP contribution in [0.3, 0.4) is 0 Å². The maximum absolute atomic E-state index is 16.1. The number of hydrogen-bond donors (Lipinski definition) is 0. The molecular formula is C57H52N3O7PS. The molecular weight excluding hydrogens is 902 g/mol. The molecule has 7 aromatic carbocycles. The number of benzene rings is 7. The Labute approximate surface area is 407 Å². The number of nitro benzene ring substituents is 1. The van der Waals surface area contributed by atoms with E-state index >= 15 is 4.79 Å². The van der Waals surface area contributed by atoms with Gasteiger partial charge >= 0.3 is 11.9 Å². The van der Waals surface area contributed by atoms with Crippen LogP contribution in [0.1, 0.15) is 42.0 Å². The highest BCUT2D eigenvalue weighted by Gasteiger charge is 2.57. The number of nitrogens with zero attached hydrogens (tertiary/aromatic N) is 3. The van der Waals surface area contributed by atoms with Crippen molar-refractivity contribution in [3.8, 4) is 0 Å². The van der Waals surface area contributed by atoms with Crippen LogP contribution in [0, 0.1) is 16.0 Å². The first-order valence-electron chi connectivity index (χ1n) is 23.0. The van der Waals surface area contributed by atoms with E-state index in [2.05, 4.69) is 77.7 Å². The van der Waals surface area contributed by atoms with Crippen LogP contribution in [0.25, 0.3) is 0 Å². The number of likely N-dealkylation sites (N-methyl/N-ethyl adjacent to an activating group) is 1. The first-order chi connectivity index (χ1) is 33.6. The van der Waals surface area contributed by atoms with Crippen molar-refractivity contribution in [2.75, 3.05) is 13.6 Å². The minimum absolute atomic E-state index is 0.0195. The van der Waals surface area contributed by atoms with Gasteiger partial charge in [-0.15, -0.1) is 11.8 Å². The quantitative estimate of drug-likeness (QED) is 0.0307. The van der Waals surface area contributed by atoms with Gasteiger partial charge in [0.15, 0.2) is 0 Å². The second kappa shape index (κ2) is 20.7. The minimum Gasteiger partial charge on any atom is -0.460 e. The molecule has 0 radical (unpaired) electrons. The van der Waals surface area contributed by atoms with Crippen molar-refractivity contribution < 1.29 is 28.8 Å². The Balaban J connectivity index is 1.35. The van der Waals surface area contributed by atoms with Crippen LogP contribution >= 0.6 is 18.6 Å². The maximum Gasteiger partial charge on any atom is 0.350 e. The van der Waals surface area contributed by atoms with E-state index in [1.165, 1.54) is 19.1 Å². The van der Waals surface area contributed by atoms with Gasteiger partial charge in [-0.2, -0.15) is 0 Å². The average Bonchev–Trinajstić information content (AvgIpc) is 3.73. The molecule has 2 fully saturated rings. The lowest BCUT2D eigenvalue weighted by atomic mass is 9.84. The van der Waals surface area contributed by atoms with E-state index in [-0.39, 0.29) is 24.7 Å². The Morgan fingerprint density at radius 1 is 0.696 bits per heavy atom. The third-order valence-corrected chi connectivity index (χ3v) is 19.5. The van der Waals surface area contributed by atoms with Crippen LogP contribution < -0.4 is 15.9 Å². The molecule has 2 saturated heterocycles. The predicted molar refractivity (Wildman–Crippen MR) is 275 cm³/mol. The first-order valence-corrected chi connectivity index (χ1v) is 25.7. The van der Waals surface area contributed by atoms with Crippen LogP contribution in [0.5, 0.6) is 0 Å². The van der Waals surface area contributed by atoms with E-state index in [0.717, 1.165) is 32.6 Å². The SMILES string of the molecule is CC(=O)OC(C1CN(C(C(=O)OCc2ccc([N+](=O)[O-])cc2)=P(c2ccccc2)(c2ccccc2)c2ccccc2)C1SC(c1ccccc1)(c1ccccc1)c1ccccc1)C1CCC(=O)N1C. The molecule has 348 valence electrons. The van der Waals surface area contributed by atoms with Gasteiger partial charge < -0.3 is 14.4 Å². The average molecular weight is 954 g/mol. The van der Waals surface area contributed by atoms with Gasteiger partial charge in [-0.3, -0.25) is 24.6 Å². The van der Waals surface area contributed by atoms with Gasteiger partial charge in [0.2, 0.25) is 5.91 Å². The molecule has 10 nitrogen and oxygen atoms in total. The molecule has 0 aliphatic carbocycles. The van der Waals surface area contributed by atoms with Crippen LogP contribution in [0.15, 0.2) is 206 Å². The number of hydrogen-bond acceptors (Lipinski definition) is 8. The lowest BCUT2D eigenvalue weighted by molar-refractivity contribution is -0.384. The number of rotatable bonds is 16. The van der Waals surface area contributed by atoms with Gasteiger partial charge in [-0.25, -0.2) is 4.79 Å². The van der Waals surface area contributed by atoms with Crippen molar-refractivity contribution in [1.29, 1.82) is 0 Å². The molecule has 2 aliphatic rings. The number of likely N-dealkylation sites (tertiary alicyclic amines) is 2. The van der Waals surface area contributed by atoms with Crippen LogP contribution in [0.4, 0.5) is 5.69 Å². The van der Waals surface area contributed by atoms with Crippen molar-refractivity contribution in [3.63, 3.8) is 0 Å². The summed E-state index contributed by atoms with van der Waals surface area (Å²) >= 11 is 1.69. The molecule has 69 heavy (non-hydrogen) atoms. The van der Waals surface area contributed by atoms with E-state index in [1.54, 1.807) is 35.8 Å². The zero-order valence-corrected chi connectivity index (χ0v) is 40.0. The minimum atomic E-state index is -3.24. The Hall–Kier alpha value is -7.04. The summed E-state index contributed by atoms with van der Waals surface area (Å²) in [6.07, 6.45) is 0.0974. The molecule has 0 spiro atoms. The van der Waals surface area contributed by atoms with Gasteiger partial charge in [0.1, 0.15) is 18.1 Å². The molecule has 2 heterocycles. The van der Waals surface area contributed by atoms with Gasteiger partial charge in [0.25, 0.3) is 5.69 Å². The maximum atomic E-state index is 16.1. The number of amides is 1. The fraction of sp³-hybridized carbons (Fsp3) is 0.193. The smallest absolute Gasteiger partial charge is 0.350 e. The number of carbonyl (C=O) groups is 3. The number of thioether (sulfide) groups is 1. The van der Waals surface area contributed by atoms with Crippen molar-refractivity contribution in [2.45, 2.75) is 48.6 Å². The third-order valence-electron chi connectivity index (χ3n) is 13.3. The van der Waals surface area contributed by atoms with Crippen molar-refractivity contribution in [2.24, 2.45) is 5.92 Å². The van der Waals surface area contributed by atoms with E-state index in [0.29, 0.717) is 23.8 Å². The summed E-state index contributed by atoms with van der Waals surface area (Å²) in [5.41, 5.74) is 3.99. The van der Waals surface area contributed by atoms with E-state index in [1.807, 2.05) is 109 Å². The van der Waals surface area contributed by atoms with Crippen molar-refractivity contribution in [3.05, 3.63) is 239 Å². The molecule has 2 aliphatic heterocycles. The second-order valence-corrected chi connectivity index (χ2v) is 21.9. The zero-order chi connectivity index (χ0) is 48.0. The first kappa shape index (κ1) is 47.0. The number of non-ortho nitro benzene ring substituents is 1. The van der Waals surface area contributed by atoms with E-state index in [4.69, 9.17) is 9.47 Å². The zero-order valence-electron chi connectivity index (χ0n) is 38.3. The Bertz CT molecular complexity index is 2770. The number of nitro groups is 1. The Kier molecular flexibility index (Phi) is 14.1. The summed E-state index contributed by atoms with van der Waals surface area (Å²) in [4.78, 5) is 57.9. The third kappa shape index (κ3) is 9.18. The van der Waals surface area contributed by atoms with Gasteiger partial charge in [-0.05, 0) is 56.7 Å². The second-order valence-electron chi connectivity index (χ2n) is 17.3. The molecule has 0 N–H and O–H groups in total. The number of carbonyl (C=O) groups excluding carboxylic acids is 3. The van der Waals surface area contributed by atoms with E-state index < -0.39 is 51.9 Å². The van der Waals surface area contributed by atoms with Gasteiger partial charge in [0.05, 0.1) is 21.1 Å². The summed E-state index contributed by atoms with van der Waals surface area (Å²) in [6, 6.07) is 67.0. The summed E-state index contributed by atoms with van der Waals surface area (Å²) in [5.74, 6) is -1.44. The van der Waals surface area contributed by atoms with Crippen molar-refractivity contribution >= 4 is 63.5 Å². The Morgan fingerprint density at radius 3 is 1.52 bits per heavy atom. The molecule has 9 rings (SSSR count). The predicted octanol–water partition coefficient (Wildman–Crippen LogP) is 9.30. The lowest BCUT2D eigenvalue weighted by Crippen LogP contribution is -2.67. The molecule has 12 heteroatoms. The monoisotopic (exact) mass is 953 g/mol. The fourth-order valence-electron chi connectivity index (χ4n) is 10.0. The van der Waals surface area contributed by atoms with Crippen LogP contribution in [0.2, 0.25) is 0 Å². The molecule has 0 bridgehead atoms. The van der Waals surface area contributed by atoms with Crippen LogP contribution in [-0.4, -0.2) is 69.1 Å². The number of ether oxygens (including phenoxy) is 2. The number of esters is 2. The topological polar surface area (TPSA) is 119 Å². The van der Waals surface area contributed by atoms with E-state index in [9.17, 15) is 19.7 Å². The fourth-order valence-corrected chi connectivity index (χ4v) is 16.4. The Morgan fingerprint density at radius 2 is 1.13 bits per heavy atom. The summed E-state index contributed by atoms with van der Waals surface area (Å²) in [5, 5.41) is 13.8. The largest absolute Gasteiger partial charge is 0.460 e. The molecule has 4 atom stereocenters. The highest BCUT2D eigenvalue weighted by Crippen LogP contribution is 2.58. The summed E-state index contributed by atoms with van der Waals surface area (Å²) < 4.78 is 12.1.